The van der Waals surface area contributed by atoms with Gasteiger partial charge in [-0.3, -0.25) is 0 Å². The van der Waals surface area contributed by atoms with Gasteiger partial charge >= 0.3 is 6.03 Å². The average molecular weight is 269 g/mol. The molecule has 0 bridgehead atoms. The Hall–Kier alpha value is -1.26. The second-order valence-electron chi connectivity index (χ2n) is 4.33. The first-order chi connectivity index (χ1) is 8.74. The van der Waals surface area contributed by atoms with Crippen LogP contribution in [-0.2, 0) is 4.74 Å². The van der Waals surface area contributed by atoms with Crippen molar-refractivity contribution in [3.8, 4) is 0 Å². The Morgan fingerprint density at radius 2 is 2.11 bits per heavy atom. The SMILES string of the molecule is O=C(NC[C@H]1CCCCO1)Nc1ccc(Cl)cc1. The van der Waals surface area contributed by atoms with Crippen LogP contribution in [0.15, 0.2) is 24.3 Å². The van der Waals surface area contributed by atoms with E-state index in [9.17, 15) is 4.79 Å². The zero-order valence-electron chi connectivity index (χ0n) is 10.1. The fourth-order valence-electron chi connectivity index (χ4n) is 1.88. The van der Waals surface area contributed by atoms with Crippen LogP contribution in [-0.4, -0.2) is 25.3 Å². The molecule has 1 aromatic rings. The van der Waals surface area contributed by atoms with E-state index in [-0.39, 0.29) is 12.1 Å². The molecule has 98 valence electrons. The highest BCUT2D eigenvalue weighted by molar-refractivity contribution is 6.30. The van der Waals surface area contributed by atoms with Crippen molar-refractivity contribution in [3.63, 3.8) is 0 Å². The molecule has 18 heavy (non-hydrogen) atoms. The van der Waals surface area contributed by atoms with Crippen LogP contribution < -0.4 is 10.6 Å². The van der Waals surface area contributed by atoms with E-state index in [4.69, 9.17) is 16.3 Å². The van der Waals surface area contributed by atoms with Gasteiger partial charge < -0.3 is 15.4 Å². The molecule has 1 aliphatic heterocycles. The number of urea groups is 1. The number of halogens is 1. The van der Waals surface area contributed by atoms with Crippen molar-refractivity contribution in [1.82, 2.24) is 5.32 Å². The molecule has 1 heterocycles. The Morgan fingerprint density at radius 1 is 1.33 bits per heavy atom. The summed E-state index contributed by atoms with van der Waals surface area (Å²) in [4.78, 5) is 11.6. The van der Waals surface area contributed by atoms with Gasteiger partial charge in [0.25, 0.3) is 0 Å². The van der Waals surface area contributed by atoms with Crippen LogP contribution in [0.1, 0.15) is 19.3 Å². The first-order valence-electron chi connectivity index (χ1n) is 6.16. The van der Waals surface area contributed by atoms with Crippen molar-refractivity contribution in [3.05, 3.63) is 29.3 Å². The Bertz CT molecular complexity index is 388. The van der Waals surface area contributed by atoms with Crippen LogP contribution in [0.5, 0.6) is 0 Å². The molecule has 4 nitrogen and oxygen atoms in total. The van der Waals surface area contributed by atoms with Crippen molar-refractivity contribution < 1.29 is 9.53 Å². The highest BCUT2D eigenvalue weighted by atomic mass is 35.5. The minimum atomic E-state index is -0.216. The van der Waals surface area contributed by atoms with Crippen molar-refractivity contribution in [2.24, 2.45) is 0 Å². The van der Waals surface area contributed by atoms with E-state index in [1.165, 1.54) is 6.42 Å². The third-order valence-electron chi connectivity index (χ3n) is 2.87. The van der Waals surface area contributed by atoms with Crippen molar-refractivity contribution in [2.45, 2.75) is 25.4 Å². The summed E-state index contributed by atoms with van der Waals surface area (Å²) in [6, 6.07) is 6.78. The van der Waals surface area contributed by atoms with E-state index in [0.717, 1.165) is 25.1 Å². The number of ether oxygens (including phenoxy) is 1. The Labute approximate surface area is 112 Å². The van der Waals surface area contributed by atoms with E-state index in [0.29, 0.717) is 11.6 Å². The minimum Gasteiger partial charge on any atom is -0.376 e. The fourth-order valence-corrected chi connectivity index (χ4v) is 2.01. The van der Waals surface area contributed by atoms with Gasteiger partial charge in [0.15, 0.2) is 0 Å². The summed E-state index contributed by atoms with van der Waals surface area (Å²) in [6.07, 6.45) is 3.45. The molecule has 2 amide bonds. The second kappa shape index (κ2) is 6.61. The van der Waals surface area contributed by atoms with Gasteiger partial charge in [0.05, 0.1) is 6.10 Å². The summed E-state index contributed by atoms with van der Waals surface area (Å²) >= 11 is 5.77. The normalized spacial score (nSPS) is 19.3. The predicted octanol–water partition coefficient (Wildman–Crippen LogP) is 3.03. The number of amides is 2. The Balaban J connectivity index is 1.73. The standard InChI is InChI=1S/C13H17ClN2O2/c14-10-4-6-11(7-5-10)16-13(17)15-9-12-3-1-2-8-18-12/h4-7,12H,1-3,8-9H2,(H2,15,16,17)/t12-/m1/s1. The van der Waals surface area contributed by atoms with Crippen LogP contribution in [0.4, 0.5) is 10.5 Å². The number of hydrogen-bond acceptors (Lipinski definition) is 2. The van der Waals surface area contributed by atoms with Crippen molar-refractivity contribution >= 4 is 23.3 Å². The summed E-state index contributed by atoms with van der Waals surface area (Å²) < 4.78 is 5.53. The molecule has 1 atom stereocenters. The molecule has 0 aromatic heterocycles. The maximum Gasteiger partial charge on any atom is 0.319 e. The summed E-state index contributed by atoms with van der Waals surface area (Å²) in [5.41, 5.74) is 0.724. The summed E-state index contributed by atoms with van der Waals surface area (Å²) in [5, 5.41) is 6.20. The van der Waals surface area contributed by atoms with Gasteiger partial charge in [-0.05, 0) is 43.5 Å². The van der Waals surface area contributed by atoms with E-state index >= 15 is 0 Å². The predicted molar refractivity (Wildman–Crippen MR) is 72.1 cm³/mol. The molecule has 0 radical (unpaired) electrons. The number of benzene rings is 1. The largest absolute Gasteiger partial charge is 0.376 e. The third kappa shape index (κ3) is 4.20. The number of carbonyl (C=O) groups is 1. The van der Waals surface area contributed by atoms with Gasteiger partial charge in [-0.15, -0.1) is 0 Å². The molecule has 0 saturated carbocycles. The lowest BCUT2D eigenvalue weighted by molar-refractivity contribution is 0.0187. The summed E-state index contributed by atoms with van der Waals surface area (Å²) in [6.45, 7) is 1.35. The highest BCUT2D eigenvalue weighted by Gasteiger charge is 2.14. The smallest absolute Gasteiger partial charge is 0.319 e. The van der Waals surface area contributed by atoms with Crippen LogP contribution in [0.25, 0.3) is 0 Å². The topological polar surface area (TPSA) is 50.4 Å². The van der Waals surface area contributed by atoms with Gasteiger partial charge in [-0.2, -0.15) is 0 Å². The van der Waals surface area contributed by atoms with E-state index in [1.807, 2.05) is 0 Å². The Kier molecular flexibility index (Phi) is 4.84. The second-order valence-corrected chi connectivity index (χ2v) is 4.77. The van der Waals surface area contributed by atoms with Gasteiger partial charge in [0.1, 0.15) is 0 Å². The maximum absolute atomic E-state index is 11.6. The maximum atomic E-state index is 11.6. The summed E-state index contributed by atoms with van der Waals surface area (Å²) in [7, 11) is 0. The zero-order chi connectivity index (χ0) is 12.8. The summed E-state index contributed by atoms with van der Waals surface area (Å²) in [5.74, 6) is 0. The molecule has 2 rings (SSSR count). The number of hydrogen-bond donors (Lipinski definition) is 2. The van der Waals surface area contributed by atoms with Gasteiger partial charge in [0.2, 0.25) is 0 Å². The van der Waals surface area contributed by atoms with E-state index in [2.05, 4.69) is 10.6 Å². The Morgan fingerprint density at radius 3 is 2.78 bits per heavy atom. The monoisotopic (exact) mass is 268 g/mol. The first-order valence-corrected chi connectivity index (χ1v) is 6.54. The van der Waals surface area contributed by atoms with Crippen LogP contribution in [0.2, 0.25) is 5.02 Å². The number of nitrogens with one attached hydrogen (secondary N) is 2. The molecule has 2 N–H and O–H groups in total. The number of carbonyl (C=O) groups excluding carboxylic acids is 1. The van der Waals surface area contributed by atoms with Crippen molar-refractivity contribution in [1.29, 1.82) is 0 Å². The first kappa shape index (κ1) is 13.2. The number of rotatable bonds is 3. The molecular formula is C13H17ClN2O2. The van der Waals surface area contributed by atoms with Crippen LogP contribution >= 0.6 is 11.6 Å². The molecule has 5 heteroatoms. The van der Waals surface area contributed by atoms with Gasteiger partial charge in [-0.1, -0.05) is 11.6 Å². The minimum absolute atomic E-state index is 0.148. The van der Waals surface area contributed by atoms with E-state index < -0.39 is 0 Å². The number of anilines is 1. The third-order valence-corrected chi connectivity index (χ3v) is 3.12. The lowest BCUT2D eigenvalue weighted by Crippen LogP contribution is -2.37. The molecule has 0 spiro atoms. The highest BCUT2D eigenvalue weighted by Crippen LogP contribution is 2.14. The van der Waals surface area contributed by atoms with Crippen molar-refractivity contribution in [2.75, 3.05) is 18.5 Å². The molecule has 1 aliphatic rings. The average Bonchev–Trinajstić information content (AvgIpc) is 2.40. The zero-order valence-corrected chi connectivity index (χ0v) is 10.9. The van der Waals surface area contributed by atoms with Gasteiger partial charge in [0, 0.05) is 23.9 Å². The quantitative estimate of drug-likeness (QED) is 0.885. The van der Waals surface area contributed by atoms with Gasteiger partial charge in [-0.25, -0.2) is 4.79 Å². The van der Waals surface area contributed by atoms with Crippen LogP contribution in [0.3, 0.4) is 0 Å². The van der Waals surface area contributed by atoms with E-state index in [1.54, 1.807) is 24.3 Å². The molecule has 1 fully saturated rings. The molecular weight excluding hydrogens is 252 g/mol. The lowest BCUT2D eigenvalue weighted by Gasteiger charge is -2.22. The molecule has 0 aliphatic carbocycles. The molecule has 0 unspecified atom stereocenters. The molecule has 1 aromatic carbocycles. The lowest BCUT2D eigenvalue weighted by atomic mass is 10.1. The fraction of sp³-hybridized carbons (Fsp3) is 0.462. The molecule has 1 saturated heterocycles. The van der Waals surface area contributed by atoms with Crippen LogP contribution in [0, 0.1) is 0 Å².